The highest BCUT2D eigenvalue weighted by molar-refractivity contribution is 6.03. The van der Waals surface area contributed by atoms with E-state index < -0.39 is 0 Å². The topological polar surface area (TPSA) is 81.7 Å². The van der Waals surface area contributed by atoms with E-state index in [9.17, 15) is 4.79 Å². The lowest BCUT2D eigenvalue weighted by Crippen LogP contribution is -2.12. The number of Topliss-reactive ketones (excluding diaryl/α,β-unsaturated/α-hetero) is 1. The summed E-state index contributed by atoms with van der Waals surface area (Å²) in [5.74, 6) is 3.28. The smallest absolute Gasteiger partial charge is 0.175 e. The zero-order valence-electron chi connectivity index (χ0n) is 22.7. The van der Waals surface area contributed by atoms with E-state index in [2.05, 4.69) is 0 Å². The Morgan fingerprint density at radius 2 is 1.11 bits per heavy atom. The van der Waals surface area contributed by atoms with Gasteiger partial charge in [-0.15, -0.1) is 0 Å². The molecule has 0 aliphatic rings. The quantitative estimate of drug-likeness (QED) is 0.246. The van der Waals surface area contributed by atoms with E-state index in [1.165, 1.54) is 0 Å². The Balaban J connectivity index is 2.56. The monoisotopic (exact) mass is 504 g/mol. The summed E-state index contributed by atoms with van der Waals surface area (Å²) in [5, 5.41) is 0. The van der Waals surface area contributed by atoms with Crippen LogP contribution in [-0.4, -0.2) is 52.5 Å². The number of carbonyl (C=O) groups is 1. The molecule has 0 bridgehead atoms. The molecular weight excluding hydrogens is 464 g/mol. The number of aryl methyl sites for hydroxylation is 1. The van der Waals surface area contributed by atoms with Crippen LogP contribution in [0.2, 0.25) is 0 Å². The van der Waals surface area contributed by atoms with Gasteiger partial charge in [0, 0.05) is 24.1 Å². The van der Waals surface area contributed by atoms with Crippen LogP contribution in [0.1, 0.15) is 63.9 Å². The van der Waals surface area contributed by atoms with E-state index in [0.29, 0.717) is 91.9 Å². The molecule has 0 radical (unpaired) electrons. The minimum Gasteiger partial charge on any atom is -0.494 e. The van der Waals surface area contributed by atoms with Crippen LogP contribution in [0.3, 0.4) is 0 Å². The number of benzene rings is 2. The first-order valence-electron chi connectivity index (χ1n) is 12.7. The lowest BCUT2D eigenvalue weighted by molar-refractivity contribution is 0.0972. The third-order valence-electron chi connectivity index (χ3n) is 5.17. The van der Waals surface area contributed by atoms with Crippen LogP contribution in [0.15, 0.2) is 18.2 Å². The molecule has 8 nitrogen and oxygen atoms in total. The SMILES string of the molecule is CCOc1cc(CCC(=O)c2c(OCC)c(OCC)cc(OCC)c2OCC)c(OCC)c(OC)c1. The van der Waals surface area contributed by atoms with Crippen LogP contribution in [0.5, 0.6) is 40.2 Å². The van der Waals surface area contributed by atoms with Gasteiger partial charge in [0.2, 0.25) is 0 Å². The van der Waals surface area contributed by atoms with Crippen molar-refractivity contribution < 1.29 is 38.0 Å². The normalized spacial score (nSPS) is 10.5. The van der Waals surface area contributed by atoms with Crippen molar-refractivity contribution in [3.63, 3.8) is 0 Å². The fourth-order valence-electron chi connectivity index (χ4n) is 3.85. The van der Waals surface area contributed by atoms with Crippen LogP contribution in [-0.2, 0) is 6.42 Å². The Morgan fingerprint density at radius 1 is 0.611 bits per heavy atom. The molecular formula is C28H40O8. The van der Waals surface area contributed by atoms with Gasteiger partial charge in [0.05, 0.1) is 46.8 Å². The highest BCUT2D eigenvalue weighted by Crippen LogP contribution is 2.46. The minimum absolute atomic E-state index is 0.160. The summed E-state index contributed by atoms with van der Waals surface area (Å²) >= 11 is 0. The fourth-order valence-corrected chi connectivity index (χ4v) is 3.85. The average molecular weight is 505 g/mol. The number of ether oxygens (including phenoxy) is 7. The first-order valence-corrected chi connectivity index (χ1v) is 12.7. The van der Waals surface area contributed by atoms with Crippen molar-refractivity contribution in [2.75, 3.05) is 46.8 Å². The first kappa shape index (κ1) is 28.9. The van der Waals surface area contributed by atoms with Crippen molar-refractivity contribution in [3.8, 4) is 40.2 Å². The van der Waals surface area contributed by atoms with Gasteiger partial charge in [-0.3, -0.25) is 4.79 Å². The molecule has 2 rings (SSSR count). The molecule has 0 N–H and O–H groups in total. The van der Waals surface area contributed by atoms with Crippen LogP contribution in [0, 0.1) is 0 Å². The summed E-state index contributed by atoms with van der Waals surface area (Å²) < 4.78 is 40.6. The lowest BCUT2D eigenvalue weighted by Gasteiger charge is -2.21. The van der Waals surface area contributed by atoms with E-state index in [1.54, 1.807) is 19.2 Å². The number of methoxy groups -OCH3 is 1. The molecule has 2 aromatic carbocycles. The fraction of sp³-hybridized carbons (Fsp3) is 0.536. The zero-order chi connectivity index (χ0) is 26.5. The molecule has 0 amide bonds. The van der Waals surface area contributed by atoms with Crippen molar-refractivity contribution in [1.29, 1.82) is 0 Å². The van der Waals surface area contributed by atoms with E-state index in [0.717, 1.165) is 5.56 Å². The largest absolute Gasteiger partial charge is 0.494 e. The molecule has 0 atom stereocenters. The third kappa shape index (κ3) is 7.12. The van der Waals surface area contributed by atoms with Crippen molar-refractivity contribution in [2.24, 2.45) is 0 Å². The van der Waals surface area contributed by atoms with Crippen LogP contribution in [0.4, 0.5) is 0 Å². The van der Waals surface area contributed by atoms with Gasteiger partial charge in [0.15, 0.2) is 40.3 Å². The molecule has 0 aliphatic carbocycles. The predicted octanol–water partition coefficient (Wildman–Crippen LogP) is 5.90. The molecule has 0 saturated heterocycles. The van der Waals surface area contributed by atoms with E-state index in [4.69, 9.17) is 33.2 Å². The molecule has 2 aromatic rings. The van der Waals surface area contributed by atoms with Crippen LogP contribution in [0.25, 0.3) is 0 Å². The van der Waals surface area contributed by atoms with Gasteiger partial charge in [-0.25, -0.2) is 0 Å². The van der Waals surface area contributed by atoms with Crippen LogP contribution < -0.4 is 33.2 Å². The number of hydrogen-bond acceptors (Lipinski definition) is 8. The molecule has 0 heterocycles. The molecule has 8 heteroatoms. The van der Waals surface area contributed by atoms with Gasteiger partial charge in [0.1, 0.15) is 11.3 Å². The van der Waals surface area contributed by atoms with E-state index in [1.807, 2.05) is 47.6 Å². The number of rotatable bonds is 17. The van der Waals surface area contributed by atoms with E-state index >= 15 is 0 Å². The van der Waals surface area contributed by atoms with Gasteiger partial charge >= 0.3 is 0 Å². The van der Waals surface area contributed by atoms with Crippen molar-refractivity contribution in [3.05, 3.63) is 29.3 Å². The molecule has 36 heavy (non-hydrogen) atoms. The Hall–Kier alpha value is -3.29. The van der Waals surface area contributed by atoms with Crippen molar-refractivity contribution >= 4 is 5.78 Å². The standard InChI is InChI=1S/C28H40O8/c1-8-31-20-16-19(26(34-11-4)22(17-20)30-7)14-15-21(29)25-27(35-12-5)23(32-9-2)18-24(33-10-3)28(25)36-13-6/h16-18H,8-15H2,1-7H3. The molecule has 0 aromatic heterocycles. The summed E-state index contributed by atoms with van der Waals surface area (Å²) in [6.07, 6.45) is 0.561. The second kappa shape index (κ2) is 15.0. The Kier molecular flexibility index (Phi) is 12.0. The maximum Gasteiger partial charge on any atom is 0.175 e. The summed E-state index contributed by atoms with van der Waals surface area (Å²) in [6, 6.07) is 5.41. The lowest BCUT2D eigenvalue weighted by atomic mass is 9.99. The van der Waals surface area contributed by atoms with Crippen LogP contribution >= 0.6 is 0 Å². The predicted molar refractivity (Wildman–Crippen MR) is 139 cm³/mol. The maximum absolute atomic E-state index is 13.8. The Morgan fingerprint density at radius 3 is 1.58 bits per heavy atom. The first-order chi connectivity index (χ1) is 17.5. The number of carbonyl (C=O) groups excluding carboxylic acids is 1. The van der Waals surface area contributed by atoms with Gasteiger partial charge in [-0.1, -0.05) is 0 Å². The summed E-state index contributed by atoms with van der Waals surface area (Å²) in [5.41, 5.74) is 1.13. The molecule has 0 saturated carbocycles. The summed E-state index contributed by atoms with van der Waals surface area (Å²) in [7, 11) is 1.58. The van der Waals surface area contributed by atoms with E-state index in [-0.39, 0.29) is 12.2 Å². The highest BCUT2D eigenvalue weighted by Gasteiger charge is 2.28. The number of hydrogen-bond donors (Lipinski definition) is 0. The second-order valence-electron chi connectivity index (χ2n) is 7.54. The molecule has 0 unspecified atom stereocenters. The molecule has 0 fully saturated rings. The molecule has 200 valence electrons. The zero-order valence-corrected chi connectivity index (χ0v) is 22.7. The average Bonchev–Trinajstić information content (AvgIpc) is 2.86. The van der Waals surface area contributed by atoms with Gasteiger partial charge in [-0.05, 0) is 54.0 Å². The molecule has 0 spiro atoms. The third-order valence-corrected chi connectivity index (χ3v) is 5.17. The Labute approximate surface area is 214 Å². The molecule has 0 aliphatic heterocycles. The highest BCUT2D eigenvalue weighted by atomic mass is 16.5. The number of ketones is 1. The van der Waals surface area contributed by atoms with Crippen molar-refractivity contribution in [2.45, 2.75) is 54.4 Å². The summed E-state index contributed by atoms with van der Waals surface area (Å²) in [4.78, 5) is 13.8. The van der Waals surface area contributed by atoms with Crippen molar-refractivity contribution in [1.82, 2.24) is 0 Å². The second-order valence-corrected chi connectivity index (χ2v) is 7.54. The van der Waals surface area contributed by atoms with Gasteiger partial charge < -0.3 is 33.2 Å². The van der Waals surface area contributed by atoms with Gasteiger partial charge in [-0.2, -0.15) is 0 Å². The summed E-state index contributed by atoms with van der Waals surface area (Å²) in [6.45, 7) is 13.8. The van der Waals surface area contributed by atoms with Gasteiger partial charge in [0.25, 0.3) is 0 Å². The maximum atomic E-state index is 13.8. The Bertz CT molecular complexity index is 952. The minimum atomic E-state index is -0.160.